The average Bonchev–Trinajstić information content (AvgIpc) is 2.66. The molecule has 0 fully saturated rings. The van der Waals surface area contributed by atoms with Gasteiger partial charge >= 0.3 is 0 Å². The highest BCUT2D eigenvalue weighted by molar-refractivity contribution is 9.18. The Labute approximate surface area is 174 Å². The molecule has 0 aromatic heterocycles. The molecule has 146 valence electrons. The number of halogens is 1. The minimum Gasteiger partial charge on any atom is -0.285 e. The predicted octanol–water partition coefficient (Wildman–Crippen LogP) is 7.33. The fourth-order valence-electron chi connectivity index (χ4n) is 4.44. The van der Waals surface area contributed by atoms with E-state index >= 15 is 0 Å². The number of nitrogens with zero attached hydrogens (tertiary/aromatic N) is 1. The number of aliphatic imine (C=N–C) groups is 1. The summed E-state index contributed by atoms with van der Waals surface area (Å²) < 4.78 is 1.00. The van der Waals surface area contributed by atoms with E-state index in [2.05, 4.69) is 90.2 Å². The van der Waals surface area contributed by atoms with E-state index in [-0.39, 0.29) is 5.92 Å². The van der Waals surface area contributed by atoms with Crippen molar-refractivity contribution in [2.24, 2.45) is 4.99 Å². The average molecular weight is 428 g/mol. The van der Waals surface area contributed by atoms with E-state index in [0.717, 1.165) is 4.62 Å². The number of hydrogen-bond donors (Lipinski definition) is 0. The van der Waals surface area contributed by atoms with Crippen LogP contribution in [-0.2, 0) is 0 Å². The van der Waals surface area contributed by atoms with E-state index in [9.17, 15) is 0 Å². The molecule has 0 unspecified atom stereocenters. The molecular weight excluding hydrogens is 394 g/mol. The molecule has 0 aliphatic heterocycles. The van der Waals surface area contributed by atoms with Crippen LogP contribution in [0.25, 0.3) is 0 Å². The Hall–Kier alpha value is -1.41. The largest absolute Gasteiger partial charge is 0.285 e. The molecule has 0 saturated carbocycles. The van der Waals surface area contributed by atoms with Crippen LogP contribution in [0.3, 0.4) is 0 Å². The number of benzene rings is 2. The molecule has 0 spiro atoms. The van der Waals surface area contributed by atoms with Gasteiger partial charge in [-0.25, -0.2) is 0 Å². The highest BCUT2D eigenvalue weighted by Gasteiger charge is 2.29. The Balaban J connectivity index is 3.04. The first-order valence-corrected chi connectivity index (χ1v) is 10.5. The van der Waals surface area contributed by atoms with E-state index in [1.807, 2.05) is 7.05 Å². The third kappa shape index (κ3) is 3.42. The van der Waals surface area contributed by atoms with E-state index in [4.69, 9.17) is 0 Å². The van der Waals surface area contributed by atoms with Crippen molar-refractivity contribution >= 4 is 20.6 Å². The lowest BCUT2D eigenvalue weighted by atomic mass is 9.76. The zero-order valence-electron chi connectivity index (χ0n) is 18.9. The second kappa shape index (κ2) is 7.91. The normalized spacial score (nSPS) is 12.3. The van der Waals surface area contributed by atoms with Crippen LogP contribution in [0.2, 0.25) is 0 Å². The maximum atomic E-state index is 4.60. The van der Waals surface area contributed by atoms with Gasteiger partial charge < -0.3 is 0 Å². The second-order valence-electron chi connectivity index (χ2n) is 8.06. The van der Waals surface area contributed by atoms with Gasteiger partial charge in [0.05, 0.1) is 10.5 Å². The summed E-state index contributed by atoms with van der Waals surface area (Å²) in [6.45, 7) is 22.6. The Kier molecular flexibility index (Phi) is 6.41. The van der Waals surface area contributed by atoms with Crippen LogP contribution < -0.4 is 0 Å². The summed E-state index contributed by atoms with van der Waals surface area (Å²) in [6, 6.07) is 0. The van der Waals surface area contributed by atoms with Gasteiger partial charge in [0.25, 0.3) is 0 Å². The van der Waals surface area contributed by atoms with Crippen molar-refractivity contribution in [2.45, 2.75) is 75.2 Å². The molecule has 0 radical (unpaired) electrons. The lowest BCUT2D eigenvalue weighted by molar-refractivity contribution is 0.968. The Morgan fingerprint density at radius 2 is 0.741 bits per heavy atom. The molecule has 2 rings (SSSR count). The van der Waals surface area contributed by atoms with Crippen molar-refractivity contribution in [3.8, 4) is 0 Å². The molecule has 0 bridgehead atoms. The molecule has 0 atom stereocenters. The Morgan fingerprint density at radius 3 is 0.963 bits per heavy atom. The minimum absolute atomic E-state index is 0.131. The quantitative estimate of drug-likeness (QED) is 0.454. The first-order valence-electron chi connectivity index (χ1n) is 9.73. The van der Waals surface area contributed by atoms with Gasteiger partial charge in [-0.1, -0.05) is 0 Å². The van der Waals surface area contributed by atoms with Gasteiger partial charge in [0.1, 0.15) is 0 Å². The standard InChI is InChI=1S/C25H34BrN/c1-12-14(3)18(7)22(19(8)15(12)4)24(25(26)27-11)23-20(9)16(5)13(2)17(6)21(23)10/h24H,1-11H3. The molecule has 1 nitrogen and oxygen atoms in total. The summed E-state index contributed by atoms with van der Waals surface area (Å²) in [6.07, 6.45) is 0. The van der Waals surface area contributed by atoms with Crippen molar-refractivity contribution in [3.05, 3.63) is 66.8 Å². The molecule has 2 aromatic carbocycles. The maximum absolute atomic E-state index is 4.60. The van der Waals surface area contributed by atoms with Gasteiger partial charge in [0, 0.05) is 7.05 Å². The van der Waals surface area contributed by atoms with E-state index < -0.39 is 0 Å². The van der Waals surface area contributed by atoms with E-state index in [0.29, 0.717) is 0 Å². The first-order chi connectivity index (χ1) is 12.5. The topological polar surface area (TPSA) is 12.4 Å². The van der Waals surface area contributed by atoms with Gasteiger partial charge in [-0.3, -0.25) is 4.99 Å². The molecular formula is C25H34BrN. The van der Waals surface area contributed by atoms with Crippen LogP contribution in [0.5, 0.6) is 0 Å². The second-order valence-corrected chi connectivity index (χ2v) is 8.87. The molecule has 0 saturated heterocycles. The summed E-state index contributed by atoms with van der Waals surface area (Å²) >= 11 is 3.84. The van der Waals surface area contributed by atoms with E-state index in [1.165, 1.54) is 66.8 Å². The molecule has 0 aliphatic carbocycles. The third-order valence-corrected chi connectivity index (χ3v) is 7.96. The van der Waals surface area contributed by atoms with Gasteiger partial charge in [0.2, 0.25) is 0 Å². The van der Waals surface area contributed by atoms with Crippen molar-refractivity contribution in [1.29, 1.82) is 0 Å². The van der Waals surface area contributed by atoms with Gasteiger partial charge in [-0.15, -0.1) is 0 Å². The zero-order valence-corrected chi connectivity index (χ0v) is 20.5. The summed E-state index contributed by atoms with van der Waals surface area (Å²) in [5.74, 6) is 0.131. The van der Waals surface area contributed by atoms with Crippen molar-refractivity contribution < 1.29 is 0 Å². The summed E-state index contributed by atoms with van der Waals surface area (Å²) in [4.78, 5) is 4.60. The Morgan fingerprint density at radius 1 is 0.519 bits per heavy atom. The molecule has 0 aliphatic rings. The number of hydrogen-bond acceptors (Lipinski definition) is 1. The smallest absolute Gasteiger partial charge is 0.0889 e. The highest BCUT2D eigenvalue weighted by Crippen LogP contribution is 2.41. The van der Waals surface area contributed by atoms with Crippen LogP contribution in [0.1, 0.15) is 72.7 Å². The predicted molar refractivity (Wildman–Crippen MR) is 124 cm³/mol. The fourth-order valence-corrected chi connectivity index (χ4v) is 4.89. The number of rotatable bonds is 3. The maximum Gasteiger partial charge on any atom is 0.0889 e. The van der Waals surface area contributed by atoms with Crippen LogP contribution in [0.15, 0.2) is 4.99 Å². The molecule has 27 heavy (non-hydrogen) atoms. The minimum atomic E-state index is 0.131. The van der Waals surface area contributed by atoms with Gasteiger partial charge in [-0.2, -0.15) is 0 Å². The third-order valence-electron chi connectivity index (χ3n) is 7.15. The summed E-state index contributed by atoms with van der Waals surface area (Å²) in [5, 5.41) is 0. The van der Waals surface area contributed by atoms with Crippen LogP contribution in [-0.4, -0.2) is 11.7 Å². The van der Waals surface area contributed by atoms with Crippen molar-refractivity contribution in [3.63, 3.8) is 0 Å². The SMILES string of the molecule is CN=C(Br)C(c1c(C)c(C)c(C)c(C)c1C)c1c(C)c(C)c(C)c(C)c1C. The summed E-state index contributed by atoms with van der Waals surface area (Å²) in [7, 11) is 1.88. The first kappa shape index (κ1) is 21.9. The Bertz CT molecular complexity index is 820. The lowest BCUT2D eigenvalue weighted by Crippen LogP contribution is -2.18. The lowest BCUT2D eigenvalue weighted by Gasteiger charge is -2.30. The van der Waals surface area contributed by atoms with Gasteiger partial charge in [-0.05, 0) is 152 Å². The molecule has 0 heterocycles. The van der Waals surface area contributed by atoms with Gasteiger partial charge in [0.15, 0.2) is 0 Å². The fraction of sp³-hybridized carbons (Fsp3) is 0.480. The molecule has 2 aromatic rings. The van der Waals surface area contributed by atoms with Crippen LogP contribution in [0, 0.1) is 69.2 Å². The summed E-state index contributed by atoms with van der Waals surface area (Å²) in [5.41, 5.74) is 16.7. The van der Waals surface area contributed by atoms with Crippen LogP contribution >= 0.6 is 15.9 Å². The van der Waals surface area contributed by atoms with Crippen molar-refractivity contribution in [1.82, 2.24) is 0 Å². The monoisotopic (exact) mass is 427 g/mol. The molecule has 0 amide bonds. The molecule has 2 heteroatoms. The zero-order chi connectivity index (χ0) is 20.8. The highest BCUT2D eigenvalue weighted by atomic mass is 79.9. The van der Waals surface area contributed by atoms with Crippen LogP contribution in [0.4, 0.5) is 0 Å². The molecule has 0 N–H and O–H groups in total. The van der Waals surface area contributed by atoms with Crippen molar-refractivity contribution in [2.75, 3.05) is 7.05 Å². The van der Waals surface area contributed by atoms with E-state index in [1.54, 1.807) is 0 Å².